The first-order chi connectivity index (χ1) is 14.9. The van der Waals surface area contributed by atoms with Gasteiger partial charge in [0, 0.05) is 12.5 Å². The van der Waals surface area contributed by atoms with E-state index in [9.17, 15) is 14.4 Å². The maximum atomic E-state index is 12.3. The number of benzene rings is 2. The predicted octanol–water partition coefficient (Wildman–Crippen LogP) is 3.53. The summed E-state index contributed by atoms with van der Waals surface area (Å²) in [6.07, 6.45) is 0.662. The number of fused-ring (bicyclic) bond motifs is 3. The highest BCUT2D eigenvalue weighted by Crippen LogP contribution is 2.44. The number of nitrogens with one attached hydrogen (secondary N) is 2. The van der Waals surface area contributed by atoms with Crippen LogP contribution >= 0.6 is 0 Å². The monoisotopic (exact) mass is 424 g/mol. The average Bonchev–Trinajstić information content (AvgIpc) is 3.08. The van der Waals surface area contributed by atoms with Crippen LogP contribution < -0.4 is 10.6 Å². The van der Waals surface area contributed by atoms with Crippen molar-refractivity contribution >= 4 is 18.0 Å². The second-order valence-corrected chi connectivity index (χ2v) is 7.76. The molecule has 0 saturated heterocycles. The van der Waals surface area contributed by atoms with Crippen LogP contribution in [0, 0.1) is 5.92 Å². The maximum Gasteiger partial charge on any atom is 0.407 e. The number of carboxylic acids is 1. The van der Waals surface area contributed by atoms with Crippen molar-refractivity contribution in [1.29, 1.82) is 0 Å². The van der Waals surface area contributed by atoms with Gasteiger partial charge in [-0.15, -0.1) is 0 Å². The second-order valence-electron chi connectivity index (χ2n) is 7.76. The normalized spacial score (nSPS) is 14.1. The number of rotatable bonds is 9. The van der Waals surface area contributed by atoms with E-state index in [0.717, 1.165) is 28.7 Å². The van der Waals surface area contributed by atoms with E-state index < -0.39 is 29.9 Å². The van der Waals surface area contributed by atoms with E-state index in [1.807, 2.05) is 43.3 Å². The van der Waals surface area contributed by atoms with Crippen molar-refractivity contribution in [2.45, 2.75) is 38.6 Å². The highest BCUT2D eigenvalue weighted by molar-refractivity contribution is 5.85. The van der Waals surface area contributed by atoms with Gasteiger partial charge in [0.2, 0.25) is 5.91 Å². The molecule has 7 heteroatoms. The molecule has 0 aliphatic heterocycles. The van der Waals surface area contributed by atoms with Crippen LogP contribution in [0.1, 0.15) is 43.7 Å². The second kappa shape index (κ2) is 10.1. The molecule has 0 fully saturated rings. The van der Waals surface area contributed by atoms with E-state index in [0.29, 0.717) is 6.42 Å². The number of hydrogen-bond donors (Lipinski definition) is 3. The third-order valence-corrected chi connectivity index (χ3v) is 5.57. The molecule has 0 saturated carbocycles. The molecule has 7 nitrogen and oxygen atoms in total. The molecule has 1 aliphatic rings. The summed E-state index contributed by atoms with van der Waals surface area (Å²) in [5.74, 6) is -2.06. The van der Waals surface area contributed by atoms with Crippen molar-refractivity contribution in [2.75, 3.05) is 13.2 Å². The number of carbonyl (C=O) groups is 3. The molecular weight excluding hydrogens is 396 g/mol. The van der Waals surface area contributed by atoms with Gasteiger partial charge in [0.15, 0.2) is 0 Å². The summed E-state index contributed by atoms with van der Waals surface area (Å²) in [4.78, 5) is 35.6. The molecule has 2 aromatic carbocycles. The van der Waals surface area contributed by atoms with Crippen LogP contribution in [0.25, 0.3) is 11.1 Å². The number of ether oxygens (including phenoxy) is 1. The van der Waals surface area contributed by atoms with E-state index in [1.165, 1.54) is 6.92 Å². The fourth-order valence-corrected chi connectivity index (χ4v) is 3.92. The lowest BCUT2D eigenvalue weighted by Crippen LogP contribution is -2.45. The molecule has 2 amide bonds. The third-order valence-electron chi connectivity index (χ3n) is 5.57. The summed E-state index contributed by atoms with van der Waals surface area (Å²) in [7, 11) is 0. The van der Waals surface area contributed by atoms with Crippen molar-refractivity contribution in [3.05, 3.63) is 59.7 Å². The van der Waals surface area contributed by atoms with Gasteiger partial charge in [0.25, 0.3) is 0 Å². The highest BCUT2D eigenvalue weighted by Gasteiger charge is 2.29. The van der Waals surface area contributed by atoms with E-state index >= 15 is 0 Å². The van der Waals surface area contributed by atoms with Crippen molar-refractivity contribution < 1.29 is 24.2 Å². The summed E-state index contributed by atoms with van der Waals surface area (Å²) in [5, 5.41) is 14.1. The van der Waals surface area contributed by atoms with Gasteiger partial charge in [-0.1, -0.05) is 61.9 Å². The highest BCUT2D eigenvalue weighted by atomic mass is 16.5. The quantitative estimate of drug-likeness (QED) is 0.571. The molecule has 164 valence electrons. The zero-order valence-electron chi connectivity index (χ0n) is 17.8. The van der Waals surface area contributed by atoms with Gasteiger partial charge in [-0.2, -0.15) is 0 Å². The molecular formula is C24H28N2O5. The minimum Gasteiger partial charge on any atom is -0.480 e. The first kappa shape index (κ1) is 22.3. The Hall–Kier alpha value is -3.35. The lowest BCUT2D eigenvalue weighted by molar-refractivity contribution is -0.141. The molecule has 0 aromatic heterocycles. The summed E-state index contributed by atoms with van der Waals surface area (Å²) >= 11 is 0. The van der Waals surface area contributed by atoms with Crippen LogP contribution in [0.5, 0.6) is 0 Å². The van der Waals surface area contributed by atoms with Gasteiger partial charge in [-0.25, -0.2) is 4.79 Å². The Balaban J connectivity index is 1.57. The molecule has 1 aliphatic carbocycles. The fourth-order valence-electron chi connectivity index (χ4n) is 3.92. The maximum absolute atomic E-state index is 12.3. The number of hydrogen-bond acceptors (Lipinski definition) is 4. The largest absolute Gasteiger partial charge is 0.480 e. The SMILES string of the molecule is CCCC(CNC(=O)OCC1c2ccccc2-c2ccccc21)C(=O)N[C@@H](C)C(=O)O. The summed E-state index contributed by atoms with van der Waals surface area (Å²) < 4.78 is 5.49. The summed E-state index contributed by atoms with van der Waals surface area (Å²) in [6, 6.07) is 15.2. The zero-order valence-corrected chi connectivity index (χ0v) is 17.8. The van der Waals surface area contributed by atoms with Crippen molar-refractivity contribution in [2.24, 2.45) is 5.92 Å². The van der Waals surface area contributed by atoms with E-state index in [-0.39, 0.29) is 19.1 Å². The number of carbonyl (C=O) groups excluding carboxylic acids is 2. The zero-order chi connectivity index (χ0) is 22.4. The number of carboxylic acid groups (broad SMARTS) is 1. The molecule has 0 radical (unpaired) electrons. The molecule has 1 unspecified atom stereocenters. The topological polar surface area (TPSA) is 105 Å². The Kier molecular flexibility index (Phi) is 7.28. The van der Waals surface area contributed by atoms with Crippen LogP contribution in [-0.4, -0.2) is 42.3 Å². The Morgan fingerprint density at radius 3 is 2.16 bits per heavy atom. The Morgan fingerprint density at radius 1 is 1.03 bits per heavy atom. The Bertz CT molecular complexity index is 913. The van der Waals surface area contributed by atoms with Crippen molar-refractivity contribution in [1.82, 2.24) is 10.6 Å². The molecule has 0 bridgehead atoms. The smallest absolute Gasteiger partial charge is 0.407 e. The van der Waals surface area contributed by atoms with Crippen LogP contribution in [0.2, 0.25) is 0 Å². The molecule has 0 spiro atoms. The molecule has 3 rings (SSSR count). The Labute approximate surface area is 181 Å². The first-order valence-electron chi connectivity index (χ1n) is 10.5. The minimum absolute atomic E-state index is 0.0377. The molecule has 31 heavy (non-hydrogen) atoms. The van der Waals surface area contributed by atoms with E-state index in [2.05, 4.69) is 22.8 Å². The van der Waals surface area contributed by atoms with E-state index in [1.54, 1.807) is 0 Å². The molecule has 3 N–H and O–H groups in total. The Morgan fingerprint density at radius 2 is 1.61 bits per heavy atom. The van der Waals surface area contributed by atoms with Gasteiger partial charge in [0.05, 0.1) is 5.92 Å². The van der Waals surface area contributed by atoms with Crippen LogP contribution in [0.3, 0.4) is 0 Å². The fraction of sp³-hybridized carbons (Fsp3) is 0.375. The number of aliphatic carboxylic acids is 1. The van der Waals surface area contributed by atoms with Gasteiger partial charge in [0.1, 0.15) is 12.6 Å². The predicted molar refractivity (Wildman–Crippen MR) is 117 cm³/mol. The van der Waals surface area contributed by atoms with Crippen LogP contribution in [0.15, 0.2) is 48.5 Å². The van der Waals surface area contributed by atoms with Gasteiger partial charge in [-0.3, -0.25) is 9.59 Å². The first-order valence-corrected chi connectivity index (χ1v) is 10.5. The van der Waals surface area contributed by atoms with Crippen LogP contribution in [0.4, 0.5) is 4.79 Å². The van der Waals surface area contributed by atoms with Crippen molar-refractivity contribution in [3.8, 4) is 11.1 Å². The molecule has 0 heterocycles. The lowest BCUT2D eigenvalue weighted by Gasteiger charge is -2.19. The van der Waals surface area contributed by atoms with E-state index in [4.69, 9.17) is 9.84 Å². The molecule has 2 atom stereocenters. The van der Waals surface area contributed by atoms with Gasteiger partial charge >= 0.3 is 12.1 Å². The average molecular weight is 424 g/mol. The molecule has 2 aromatic rings. The summed E-state index contributed by atoms with van der Waals surface area (Å²) in [6.45, 7) is 3.61. The number of amides is 2. The standard InChI is InChI=1S/C24H28N2O5/c1-3-8-16(22(27)26-15(2)23(28)29)13-25-24(30)31-14-21-19-11-6-4-9-17(19)18-10-5-7-12-20(18)21/h4-7,9-12,15-16,21H,3,8,13-14H2,1-2H3,(H,25,30)(H,26,27)(H,28,29)/t15-,16?/m0/s1. The minimum atomic E-state index is -1.10. The third kappa shape index (κ3) is 5.23. The van der Waals surface area contributed by atoms with Crippen molar-refractivity contribution in [3.63, 3.8) is 0 Å². The lowest BCUT2D eigenvalue weighted by atomic mass is 9.98. The summed E-state index contributed by atoms with van der Waals surface area (Å²) in [5.41, 5.74) is 4.56. The number of alkyl carbamates (subject to hydrolysis) is 1. The van der Waals surface area contributed by atoms with Gasteiger partial charge in [-0.05, 0) is 35.6 Å². The van der Waals surface area contributed by atoms with Crippen LogP contribution in [-0.2, 0) is 14.3 Å². The van der Waals surface area contributed by atoms with Gasteiger partial charge < -0.3 is 20.5 Å².